The minimum Gasteiger partial charge on any atom is -0.481 e. The Morgan fingerprint density at radius 1 is 1.14 bits per heavy atom. The van der Waals surface area contributed by atoms with Crippen LogP contribution in [0.2, 0.25) is 0 Å². The van der Waals surface area contributed by atoms with Crippen molar-refractivity contribution in [1.29, 1.82) is 0 Å². The van der Waals surface area contributed by atoms with Gasteiger partial charge in [0, 0.05) is 32.7 Å². The zero-order valence-corrected chi connectivity index (χ0v) is 13.2. The van der Waals surface area contributed by atoms with E-state index in [2.05, 4.69) is 5.32 Å². The van der Waals surface area contributed by atoms with Crippen LogP contribution in [0.3, 0.4) is 0 Å². The van der Waals surface area contributed by atoms with Gasteiger partial charge in [-0.3, -0.25) is 19.3 Å². The number of piperazine rings is 1. The standard InChI is InChI=1S/C13H23N3O4S/c1-2-3-14-11(17)8-15-4-6-16(7-5-15)12(18)9-21-10-13(19)20/h2-10H2,1H3,(H,14,17)(H,19,20). The van der Waals surface area contributed by atoms with E-state index in [9.17, 15) is 14.4 Å². The van der Waals surface area contributed by atoms with Crippen molar-refractivity contribution in [2.24, 2.45) is 0 Å². The molecule has 0 radical (unpaired) electrons. The lowest BCUT2D eigenvalue weighted by atomic mass is 10.3. The van der Waals surface area contributed by atoms with Crippen molar-refractivity contribution >= 4 is 29.5 Å². The molecule has 0 spiro atoms. The number of nitrogens with one attached hydrogen (secondary N) is 1. The number of thioether (sulfide) groups is 1. The van der Waals surface area contributed by atoms with Crippen LogP contribution in [-0.4, -0.2) is 83.5 Å². The van der Waals surface area contributed by atoms with Crippen LogP contribution in [0.1, 0.15) is 13.3 Å². The van der Waals surface area contributed by atoms with E-state index in [1.165, 1.54) is 0 Å². The summed E-state index contributed by atoms with van der Waals surface area (Å²) in [5.41, 5.74) is 0. The number of rotatable bonds is 8. The second kappa shape index (κ2) is 9.62. The summed E-state index contributed by atoms with van der Waals surface area (Å²) in [5, 5.41) is 11.4. The van der Waals surface area contributed by atoms with E-state index >= 15 is 0 Å². The van der Waals surface area contributed by atoms with Crippen molar-refractivity contribution < 1.29 is 19.5 Å². The highest BCUT2D eigenvalue weighted by Crippen LogP contribution is 2.06. The Morgan fingerprint density at radius 3 is 2.38 bits per heavy atom. The third-order valence-corrected chi connectivity index (χ3v) is 4.02. The Morgan fingerprint density at radius 2 is 1.81 bits per heavy atom. The van der Waals surface area contributed by atoms with E-state index in [4.69, 9.17) is 5.11 Å². The topological polar surface area (TPSA) is 90.0 Å². The first-order chi connectivity index (χ1) is 10.0. The lowest BCUT2D eigenvalue weighted by Gasteiger charge is -2.34. The van der Waals surface area contributed by atoms with E-state index < -0.39 is 5.97 Å². The van der Waals surface area contributed by atoms with Crippen molar-refractivity contribution in [3.63, 3.8) is 0 Å². The Hall–Kier alpha value is -1.28. The molecule has 1 rings (SSSR count). The van der Waals surface area contributed by atoms with E-state index in [1.54, 1.807) is 4.90 Å². The SMILES string of the molecule is CCCNC(=O)CN1CCN(C(=O)CSCC(=O)O)CC1. The van der Waals surface area contributed by atoms with E-state index in [1.807, 2.05) is 11.8 Å². The van der Waals surface area contributed by atoms with Gasteiger partial charge in [-0.2, -0.15) is 0 Å². The fourth-order valence-electron chi connectivity index (χ4n) is 2.00. The van der Waals surface area contributed by atoms with Crippen molar-refractivity contribution in [2.75, 3.05) is 50.8 Å². The van der Waals surface area contributed by atoms with E-state index in [-0.39, 0.29) is 23.3 Å². The molecule has 0 aromatic heterocycles. The fraction of sp³-hybridized carbons (Fsp3) is 0.769. The van der Waals surface area contributed by atoms with Crippen LogP contribution in [0.25, 0.3) is 0 Å². The van der Waals surface area contributed by atoms with Gasteiger partial charge in [0.05, 0.1) is 18.1 Å². The quantitative estimate of drug-likeness (QED) is 0.626. The Labute approximate surface area is 129 Å². The van der Waals surface area contributed by atoms with Crippen LogP contribution in [0, 0.1) is 0 Å². The normalized spacial score (nSPS) is 15.8. The molecule has 1 heterocycles. The Kier molecular flexibility index (Phi) is 8.14. The lowest BCUT2D eigenvalue weighted by Crippen LogP contribution is -2.51. The third kappa shape index (κ3) is 7.33. The molecule has 0 aromatic carbocycles. The van der Waals surface area contributed by atoms with Crippen molar-refractivity contribution in [3.05, 3.63) is 0 Å². The van der Waals surface area contributed by atoms with E-state index in [0.29, 0.717) is 39.3 Å². The molecule has 120 valence electrons. The number of carbonyl (C=O) groups excluding carboxylic acids is 2. The molecule has 1 saturated heterocycles. The zero-order chi connectivity index (χ0) is 15.7. The van der Waals surface area contributed by atoms with Gasteiger partial charge in [0.2, 0.25) is 11.8 Å². The second-order valence-electron chi connectivity index (χ2n) is 4.89. The maximum absolute atomic E-state index is 11.9. The van der Waals surface area contributed by atoms with Gasteiger partial charge in [0.1, 0.15) is 0 Å². The summed E-state index contributed by atoms with van der Waals surface area (Å²) >= 11 is 1.12. The molecule has 7 nitrogen and oxygen atoms in total. The predicted molar refractivity (Wildman–Crippen MR) is 81.3 cm³/mol. The van der Waals surface area contributed by atoms with Crippen molar-refractivity contribution in [2.45, 2.75) is 13.3 Å². The van der Waals surface area contributed by atoms with Gasteiger partial charge >= 0.3 is 5.97 Å². The number of nitrogens with zero attached hydrogens (tertiary/aromatic N) is 2. The van der Waals surface area contributed by atoms with Gasteiger partial charge in [-0.1, -0.05) is 6.92 Å². The number of hydrogen-bond donors (Lipinski definition) is 2. The molecule has 8 heteroatoms. The number of carbonyl (C=O) groups is 3. The number of carboxylic acids is 1. The van der Waals surface area contributed by atoms with Crippen LogP contribution in [0.4, 0.5) is 0 Å². The molecule has 0 aliphatic carbocycles. The molecule has 1 aliphatic rings. The fourth-order valence-corrected chi connectivity index (χ4v) is 2.63. The average Bonchev–Trinajstić information content (AvgIpc) is 2.45. The minimum atomic E-state index is -0.907. The Bertz CT molecular complexity index is 370. The average molecular weight is 317 g/mol. The number of amides is 2. The monoisotopic (exact) mass is 317 g/mol. The smallest absolute Gasteiger partial charge is 0.313 e. The largest absolute Gasteiger partial charge is 0.481 e. The molecule has 1 fully saturated rings. The highest BCUT2D eigenvalue weighted by Gasteiger charge is 2.22. The molecule has 0 atom stereocenters. The summed E-state index contributed by atoms with van der Waals surface area (Å²) in [6, 6.07) is 0. The van der Waals surface area contributed by atoms with Crippen LogP contribution >= 0.6 is 11.8 Å². The summed E-state index contributed by atoms with van der Waals surface area (Å²) in [6.07, 6.45) is 0.919. The van der Waals surface area contributed by atoms with Gasteiger partial charge in [0.25, 0.3) is 0 Å². The number of aliphatic carboxylic acids is 1. The third-order valence-electron chi connectivity index (χ3n) is 3.12. The van der Waals surface area contributed by atoms with E-state index in [0.717, 1.165) is 18.2 Å². The molecule has 2 N–H and O–H groups in total. The molecular weight excluding hydrogens is 294 g/mol. The van der Waals surface area contributed by atoms with Gasteiger partial charge < -0.3 is 15.3 Å². The first kappa shape index (κ1) is 17.8. The molecule has 2 amide bonds. The van der Waals surface area contributed by atoms with Crippen molar-refractivity contribution in [3.8, 4) is 0 Å². The molecule has 0 saturated carbocycles. The summed E-state index contributed by atoms with van der Waals surface area (Å²) < 4.78 is 0. The van der Waals surface area contributed by atoms with Gasteiger partial charge in [0.15, 0.2) is 0 Å². The van der Waals surface area contributed by atoms with Crippen LogP contribution in [-0.2, 0) is 14.4 Å². The first-order valence-corrected chi connectivity index (χ1v) is 8.24. The summed E-state index contributed by atoms with van der Waals surface area (Å²) in [6.45, 7) is 5.60. The van der Waals surface area contributed by atoms with Crippen LogP contribution < -0.4 is 5.32 Å². The van der Waals surface area contributed by atoms with Crippen LogP contribution in [0.5, 0.6) is 0 Å². The second-order valence-corrected chi connectivity index (χ2v) is 5.88. The highest BCUT2D eigenvalue weighted by atomic mass is 32.2. The first-order valence-electron chi connectivity index (χ1n) is 7.09. The molecule has 1 aliphatic heterocycles. The van der Waals surface area contributed by atoms with Gasteiger partial charge in [-0.15, -0.1) is 11.8 Å². The molecule has 0 aromatic rings. The molecule has 21 heavy (non-hydrogen) atoms. The van der Waals surface area contributed by atoms with Gasteiger partial charge in [-0.25, -0.2) is 0 Å². The minimum absolute atomic E-state index is 0.0219. The summed E-state index contributed by atoms with van der Waals surface area (Å²) in [7, 11) is 0. The highest BCUT2D eigenvalue weighted by molar-refractivity contribution is 8.00. The Balaban J connectivity index is 2.20. The van der Waals surface area contributed by atoms with Gasteiger partial charge in [-0.05, 0) is 6.42 Å². The maximum atomic E-state index is 11.9. The lowest BCUT2D eigenvalue weighted by molar-refractivity contribution is -0.134. The molecule has 0 bridgehead atoms. The van der Waals surface area contributed by atoms with Crippen molar-refractivity contribution in [1.82, 2.24) is 15.1 Å². The summed E-state index contributed by atoms with van der Waals surface area (Å²) in [5.74, 6) is -0.771. The number of hydrogen-bond acceptors (Lipinski definition) is 5. The maximum Gasteiger partial charge on any atom is 0.313 e. The number of carboxylic acid groups (broad SMARTS) is 1. The zero-order valence-electron chi connectivity index (χ0n) is 12.3. The molecular formula is C13H23N3O4S. The summed E-state index contributed by atoms with van der Waals surface area (Å²) in [4.78, 5) is 37.6. The van der Waals surface area contributed by atoms with Crippen LogP contribution in [0.15, 0.2) is 0 Å². The predicted octanol–water partition coefficient (Wildman–Crippen LogP) is -0.525. The molecule has 0 unspecified atom stereocenters.